The molecule has 0 radical (unpaired) electrons. The Bertz CT molecular complexity index is 444. The Labute approximate surface area is 101 Å². The van der Waals surface area contributed by atoms with Gasteiger partial charge in [0.2, 0.25) is 0 Å². The Morgan fingerprint density at radius 1 is 1.24 bits per heavy atom. The van der Waals surface area contributed by atoms with E-state index in [2.05, 4.69) is 0 Å². The molecule has 1 aliphatic carbocycles. The SMILES string of the molecule is OB(O)c1cc(C(F)(F)F)c(C2CC2)cc1Cl. The summed E-state index contributed by atoms with van der Waals surface area (Å²) in [5.74, 6) is -0.117. The summed E-state index contributed by atoms with van der Waals surface area (Å²) in [6, 6.07) is 1.91. The normalized spacial score (nSPS) is 16.1. The maximum Gasteiger partial charge on any atom is 0.489 e. The highest BCUT2D eigenvalue weighted by atomic mass is 35.5. The van der Waals surface area contributed by atoms with Crippen LogP contribution in [-0.2, 0) is 6.18 Å². The van der Waals surface area contributed by atoms with Crippen LogP contribution in [0.25, 0.3) is 0 Å². The highest BCUT2D eigenvalue weighted by Gasteiger charge is 2.39. The van der Waals surface area contributed by atoms with Gasteiger partial charge in [-0.3, -0.25) is 0 Å². The Morgan fingerprint density at radius 2 is 1.82 bits per heavy atom. The summed E-state index contributed by atoms with van der Waals surface area (Å²) >= 11 is 5.73. The molecule has 2 rings (SSSR count). The van der Waals surface area contributed by atoms with Crippen LogP contribution < -0.4 is 5.46 Å². The summed E-state index contributed by atoms with van der Waals surface area (Å²) in [5, 5.41) is 17.8. The second-order valence-corrected chi connectivity index (χ2v) is 4.51. The molecule has 17 heavy (non-hydrogen) atoms. The number of benzene rings is 1. The van der Waals surface area contributed by atoms with Crippen LogP contribution in [0.5, 0.6) is 0 Å². The molecule has 0 saturated heterocycles. The van der Waals surface area contributed by atoms with E-state index in [0.717, 1.165) is 6.07 Å². The molecule has 0 atom stereocenters. The fourth-order valence-corrected chi connectivity index (χ4v) is 2.05. The van der Waals surface area contributed by atoms with E-state index in [4.69, 9.17) is 21.6 Å². The lowest BCUT2D eigenvalue weighted by atomic mass is 9.78. The van der Waals surface area contributed by atoms with Gasteiger partial charge in [-0.15, -0.1) is 0 Å². The summed E-state index contributed by atoms with van der Waals surface area (Å²) in [6.07, 6.45) is -3.09. The van der Waals surface area contributed by atoms with Crippen LogP contribution in [-0.4, -0.2) is 17.2 Å². The monoisotopic (exact) mass is 264 g/mol. The summed E-state index contributed by atoms with van der Waals surface area (Å²) in [7, 11) is -2.00. The molecular weight excluding hydrogens is 255 g/mol. The van der Waals surface area contributed by atoms with Gasteiger partial charge in [0, 0.05) is 10.5 Å². The first-order valence-corrected chi connectivity index (χ1v) is 5.45. The van der Waals surface area contributed by atoms with Crippen molar-refractivity contribution in [1.29, 1.82) is 0 Å². The summed E-state index contributed by atoms with van der Waals surface area (Å²) in [5.41, 5.74) is -0.997. The third kappa shape index (κ3) is 2.59. The molecular formula is C10H9BClF3O2. The van der Waals surface area contributed by atoms with Crippen molar-refractivity contribution in [3.63, 3.8) is 0 Å². The zero-order valence-electron chi connectivity index (χ0n) is 8.63. The van der Waals surface area contributed by atoms with E-state index >= 15 is 0 Å². The maximum atomic E-state index is 12.8. The molecule has 1 aromatic carbocycles. The molecule has 2 nitrogen and oxygen atoms in total. The molecule has 2 N–H and O–H groups in total. The molecule has 92 valence electrons. The average Bonchev–Trinajstić information content (AvgIpc) is 2.97. The first-order valence-electron chi connectivity index (χ1n) is 5.07. The predicted molar refractivity (Wildman–Crippen MR) is 58.3 cm³/mol. The van der Waals surface area contributed by atoms with Gasteiger partial charge < -0.3 is 10.0 Å². The highest BCUT2D eigenvalue weighted by molar-refractivity contribution is 6.62. The van der Waals surface area contributed by atoms with Gasteiger partial charge in [0.25, 0.3) is 0 Å². The molecule has 1 saturated carbocycles. The van der Waals surface area contributed by atoms with Gasteiger partial charge >= 0.3 is 13.3 Å². The molecule has 1 aromatic rings. The van der Waals surface area contributed by atoms with Crippen molar-refractivity contribution >= 4 is 24.2 Å². The second kappa shape index (κ2) is 4.19. The fraction of sp³-hybridized carbons (Fsp3) is 0.400. The minimum Gasteiger partial charge on any atom is -0.423 e. The van der Waals surface area contributed by atoms with E-state index in [1.54, 1.807) is 0 Å². The number of alkyl halides is 3. The van der Waals surface area contributed by atoms with Gasteiger partial charge in [-0.2, -0.15) is 13.2 Å². The van der Waals surface area contributed by atoms with Crippen molar-refractivity contribution < 1.29 is 23.2 Å². The van der Waals surface area contributed by atoms with E-state index in [1.165, 1.54) is 6.07 Å². The molecule has 0 unspecified atom stereocenters. The van der Waals surface area contributed by atoms with Crippen LogP contribution in [0.1, 0.15) is 29.9 Å². The lowest BCUT2D eigenvalue weighted by Crippen LogP contribution is -2.32. The maximum absolute atomic E-state index is 12.8. The van der Waals surface area contributed by atoms with Crippen molar-refractivity contribution in [2.24, 2.45) is 0 Å². The Kier molecular flexibility index (Phi) is 3.14. The van der Waals surface area contributed by atoms with Crippen LogP contribution in [0.15, 0.2) is 12.1 Å². The Hall–Kier alpha value is -0.715. The molecule has 0 aromatic heterocycles. The van der Waals surface area contributed by atoms with Crippen molar-refractivity contribution in [3.8, 4) is 0 Å². The number of hydrogen-bond acceptors (Lipinski definition) is 2. The van der Waals surface area contributed by atoms with Gasteiger partial charge in [0.1, 0.15) is 0 Å². The van der Waals surface area contributed by atoms with Gasteiger partial charge in [0.15, 0.2) is 0 Å². The van der Waals surface area contributed by atoms with Crippen molar-refractivity contribution in [1.82, 2.24) is 0 Å². The van der Waals surface area contributed by atoms with Crippen LogP contribution in [0.2, 0.25) is 5.02 Å². The second-order valence-electron chi connectivity index (χ2n) is 4.11. The summed E-state index contributed by atoms with van der Waals surface area (Å²) < 4.78 is 38.4. The molecule has 1 aliphatic rings. The van der Waals surface area contributed by atoms with E-state index in [0.29, 0.717) is 12.8 Å². The van der Waals surface area contributed by atoms with Crippen molar-refractivity contribution in [2.75, 3.05) is 0 Å². The zero-order valence-corrected chi connectivity index (χ0v) is 9.39. The third-order valence-electron chi connectivity index (χ3n) is 2.77. The van der Waals surface area contributed by atoms with E-state index in [-0.39, 0.29) is 22.0 Å². The molecule has 1 fully saturated rings. The molecule has 0 spiro atoms. The zero-order chi connectivity index (χ0) is 12.8. The fourth-order valence-electron chi connectivity index (χ4n) is 1.78. The summed E-state index contributed by atoms with van der Waals surface area (Å²) in [6.45, 7) is 0. The van der Waals surface area contributed by atoms with Gasteiger partial charge in [-0.25, -0.2) is 0 Å². The third-order valence-corrected chi connectivity index (χ3v) is 3.10. The van der Waals surface area contributed by atoms with E-state index in [1.807, 2.05) is 0 Å². The molecule has 0 bridgehead atoms. The van der Waals surface area contributed by atoms with E-state index in [9.17, 15) is 13.2 Å². The standard InChI is InChI=1S/C10H9BClF3O2/c12-9-3-6(5-1-2-5)7(10(13,14)15)4-8(9)11(16)17/h3-5,16-17H,1-2H2. The van der Waals surface area contributed by atoms with Crippen LogP contribution in [0, 0.1) is 0 Å². The van der Waals surface area contributed by atoms with Crippen LogP contribution in [0.3, 0.4) is 0 Å². The van der Waals surface area contributed by atoms with Crippen LogP contribution in [0.4, 0.5) is 13.2 Å². The molecule has 7 heteroatoms. The topological polar surface area (TPSA) is 40.5 Å². The van der Waals surface area contributed by atoms with Gasteiger partial charge in [-0.1, -0.05) is 11.6 Å². The smallest absolute Gasteiger partial charge is 0.423 e. The van der Waals surface area contributed by atoms with Crippen LogP contribution >= 0.6 is 11.6 Å². The van der Waals surface area contributed by atoms with E-state index < -0.39 is 18.9 Å². The molecule has 0 aliphatic heterocycles. The Balaban J connectivity index is 2.56. The summed E-state index contributed by atoms with van der Waals surface area (Å²) in [4.78, 5) is 0. The quantitative estimate of drug-likeness (QED) is 0.801. The minimum absolute atomic E-state index is 0.0464. The molecule has 0 amide bonds. The first kappa shape index (κ1) is 12.7. The number of rotatable bonds is 2. The highest BCUT2D eigenvalue weighted by Crippen LogP contribution is 2.46. The average molecular weight is 264 g/mol. The van der Waals surface area contributed by atoms with Gasteiger partial charge in [0.05, 0.1) is 5.56 Å². The molecule has 0 heterocycles. The number of halogens is 4. The lowest BCUT2D eigenvalue weighted by Gasteiger charge is -2.15. The van der Waals surface area contributed by atoms with Gasteiger partial charge in [-0.05, 0) is 36.5 Å². The van der Waals surface area contributed by atoms with Crippen molar-refractivity contribution in [2.45, 2.75) is 24.9 Å². The Morgan fingerprint density at radius 3 is 2.24 bits per heavy atom. The largest absolute Gasteiger partial charge is 0.489 e. The lowest BCUT2D eigenvalue weighted by molar-refractivity contribution is -0.138. The minimum atomic E-state index is -4.51. The predicted octanol–water partition coefficient (Wildman–Crippen LogP) is 1.92. The number of hydrogen-bond donors (Lipinski definition) is 2. The van der Waals surface area contributed by atoms with Crippen molar-refractivity contribution in [3.05, 3.63) is 28.3 Å². The first-order chi connectivity index (χ1) is 7.80.